The van der Waals surface area contributed by atoms with E-state index < -0.39 is 9.84 Å². The standard InChI is InChI=1S/C12H22O4S/c1-17(14,15)10-4-2-3-9(7-10)11-8-16-6-5-12(11)13/h9-13H,2-8H2,1H3. The third-order valence-corrected chi connectivity index (χ3v) is 5.88. The molecule has 0 aromatic rings. The van der Waals surface area contributed by atoms with Crippen LogP contribution in [0.1, 0.15) is 32.1 Å². The van der Waals surface area contributed by atoms with Gasteiger partial charge in [-0.05, 0) is 31.6 Å². The molecule has 4 atom stereocenters. The predicted octanol–water partition coefficient (Wildman–Crippen LogP) is 0.987. The SMILES string of the molecule is CS(=O)(=O)C1CCCC(C2COCCC2O)C1. The molecule has 4 nitrogen and oxygen atoms in total. The van der Waals surface area contributed by atoms with Crippen molar-refractivity contribution in [2.45, 2.75) is 43.5 Å². The molecule has 100 valence electrons. The second-order valence-electron chi connectivity index (χ2n) is 5.47. The smallest absolute Gasteiger partial charge is 0.150 e. The molecule has 1 saturated heterocycles. The van der Waals surface area contributed by atoms with Crippen LogP contribution in [0, 0.1) is 11.8 Å². The van der Waals surface area contributed by atoms with Gasteiger partial charge in [0.15, 0.2) is 0 Å². The first-order valence-corrected chi connectivity index (χ1v) is 8.38. The molecular weight excluding hydrogens is 240 g/mol. The van der Waals surface area contributed by atoms with Crippen molar-refractivity contribution >= 4 is 9.84 Å². The van der Waals surface area contributed by atoms with E-state index in [0.717, 1.165) is 19.3 Å². The summed E-state index contributed by atoms with van der Waals surface area (Å²) in [7, 11) is -2.94. The number of hydrogen-bond donors (Lipinski definition) is 1. The summed E-state index contributed by atoms with van der Waals surface area (Å²) in [5.74, 6) is 0.437. The highest BCUT2D eigenvalue weighted by Crippen LogP contribution is 2.36. The number of sulfone groups is 1. The highest BCUT2D eigenvalue weighted by atomic mass is 32.2. The first-order valence-electron chi connectivity index (χ1n) is 6.43. The first-order chi connectivity index (χ1) is 7.98. The summed E-state index contributed by atoms with van der Waals surface area (Å²) in [6.07, 6.45) is 5.15. The molecule has 0 bridgehead atoms. The minimum Gasteiger partial charge on any atom is -0.393 e. The Morgan fingerprint density at radius 3 is 2.65 bits per heavy atom. The Balaban J connectivity index is 2.01. The maximum atomic E-state index is 11.6. The van der Waals surface area contributed by atoms with E-state index in [1.54, 1.807) is 0 Å². The molecule has 2 rings (SSSR count). The highest BCUT2D eigenvalue weighted by Gasteiger charge is 2.37. The van der Waals surface area contributed by atoms with Gasteiger partial charge in [0.25, 0.3) is 0 Å². The van der Waals surface area contributed by atoms with Crippen LogP contribution in [0.3, 0.4) is 0 Å². The fraction of sp³-hybridized carbons (Fsp3) is 1.00. The van der Waals surface area contributed by atoms with Gasteiger partial charge in [-0.15, -0.1) is 0 Å². The summed E-state index contributed by atoms with van der Waals surface area (Å²) in [5, 5.41) is 9.77. The van der Waals surface area contributed by atoms with Crippen molar-refractivity contribution in [3.63, 3.8) is 0 Å². The Morgan fingerprint density at radius 1 is 1.24 bits per heavy atom. The van der Waals surface area contributed by atoms with E-state index in [-0.39, 0.29) is 17.3 Å². The van der Waals surface area contributed by atoms with Gasteiger partial charge in [0, 0.05) is 18.8 Å². The van der Waals surface area contributed by atoms with Crippen LogP contribution in [0.15, 0.2) is 0 Å². The van der Waals surface area contributed by atoms with Gasteiger partial charge in [0.05, 0.1) is 18.0 Å². The first kappa shape index (κ1) is 13.3. The number of aliphatic hydroxyl groups is 1. The van der Waals surface area contributed by atoms with Gasteiger partial charge in [0.2, 0.25) is 0 Å². The zero-order chi connectivity index (χ0) is 12.5. The van der Waals surface area contributed by atoms with Crippen molar-refractivity contribution < 1.29 is 18.3 Å². The molecule has 1 saturated carbocycles. The number of rotatable bonds is 2. The van der Waals surface area contributed by atoms with E-state index in [9.17, 15) is 13.5 Å². The van der Waals surface area contributed by atoms with Crippen molar-refractivity contribution in [1.82, 2.24) is 0 Å². The maximum Gasteiger partial charge on any atom is 0.150 e. The highest BCUT2D eigenvalue weighted by molar-refractivity contribution is 7.91. The van der Waals surface area contributed by atoms with Crippen LogP contribution in [0.5, 0.6) is 0 Å². The summed E-state index contributed by atoms with van der Waals surface area (Å²) < 4.78 is 28.6. The van der Waals surface area contributed by atoms with Crippen LogP contribution in [-0.4, -0.2) is 44.3 Å². The number of aliphatic hydroxyl groups excluding tert-OH is 1. The van der Waals surface area contributed by atoms with Crippen LogP contribution in [0.4, 0.5) is 0 Å². The summed E-state index contributed by atoms with van der Waals surface area (Å²) >= 11 is 0. The molecule has 0 spiro atoms. The lowest BCUT2D eigenvalue weighted by Gasteiger charge is -2.38. The van der Waals surface area contributed by atoms with Crippen molar-refractivity contribution in [2.75, 3.05) is 19.5 Å². The van der Waals surface area contributed by atoms with Crippen LogP contribution in [0.2, 0.25) is 0 Å². The van der Waals surface area contributed by atoms with E-state index >= 15 is 0 Å². The van der Waals surface area contributed by atoms with E-state index in [1.165, 1.54) is 6.26 Å². The van der Waals surface area contributed by atoms with Crippen LogP contribution in [0.25, 0.3) is 0 Å². The van der Waals surface area contributed by atoms with Gasteiger partial charge in [-0.3, -0.25) is 0 Å². The van der Waals surface area contributed by atoms with Crippen LogP contribution < -0.4 is 0 Å². The Hall–Kier alpha value is -0.130. The predicted molar refractivity (Wildman–Crippen MR) is 65.5 cm³/mol. The lowest BCUT2D eigenvalue weighted by Crippen LogP contribution is -2.40. The lowest BCUT2D eigenvalue weighted by atomic mass is 9.76. The number of ether oxygens (including phenoxy) is 1. The summed E-state index contributed by atoms with van der Waals surface area (Å²) in [6, 6.07) is 0. The van der Waals surface area contributed by atoms with Gasteiger partial charge in [-0.25, -0.2) is 8.42 Å². The Morgan fingerprint density at radius 2 is 2.00 bits per heavy atom. The average Bonchev–Trinajstić information content (AvgIpc) is 2.29. The van der Waals surface area contributed by atoms with Crippen molar-refractivity contribution in [3.8, 4) is 0 Å². The van der Waals surface area contributed by atoms with E-state index in [4.69, 9.17) is 4.74 Å². The lowest BCUT2D eigenvalue weighted by molar-refractivity contribution is -0.0629. The minimum atomic E-state index is -2.94. The van der Waals surface area contributed by atoms with Gasteiger partial charge >= 0.3 is 0 Å². The van der Waals surface area contributed by atoms with E-state index in [2.05, 4.69) is 0 Å². The van der Waals surface area contributed by atoms with Crippen molar-refractivity contribution in [3.05, 3.63) is 0 Å². The van der Waals surface area contributed by atoms with E-state index in [1.807, 2.05) is 0 Å². The fourth-order valence-electron chi connectivity index (χ4n) is 3.16. The summed E-state index contributed by atoms with van der Waals surface area (Å²) in [4.78, 5) is 0. The minimum absolute atomic E-state index is 0.133. The molecule has 1 N–H and O–H groups in total. The monoisotopic (exact) mass is 262 g/mol. The molecule has 1 heterocycles. The second kappa shape index (κ2) is 5.24. The molecule has 0 aromatic carbocycles. The summed E-state index contributed by atoms with van der Waals surface area (Å²) in [6.45, 7) is 1.21. The number of hydrogen-bond acceptors (Lipinski definition) is 4. The Labute approximate surface area is 103 Å². The summed E-state index contributed by atoms with van der Waals surface area (Å²) in [5.41, 5.74) is 0. The van der Waals surface area contributed by atoms with Gasteiger partial charge < -0.3 is 9.84 Å². The zero-order valence-corrected chi connectivity index (χ0v) is 11.2. The molecule has 2 fully saturated rings. The average molecular weight is 262 g/mol. The topological polar surface area (TPSA) is 63.6 Å². The quantitative estimate of drug-likeness (QED) is 0.806. The maximum absolute atomic E-state index is 11.6. The molecule has 4 unspecified atom stereocenters. The van der Waals surface area contributed by atoms with Gasteiger partial charge in [-0.1, -0.05) is 6.42 Å². The molecule has 5 heteroatoms. The third-order valence-electron chi connectivity index (χ3n) is 4.24. The Kier molecular flexibility index (Phi) is 4.10. The normalized spacial score (nSPS) is 40.1. The molecule has 0 aromatic heterocycles. The zero-order valence-electron chi connectivity index (χ0n) is 10.3. The van der Waals surface area contributed by atoms with Gasteiger partial charge in [0.1, 0.15) is 9.84 Å². The molecule has 2 aliphatic rings. The largest absolute Gasteiger partial charge is 0.393 e. The third kappa shape index (κ3) is 3.20. The van der Waals surface area contributed by atoms with Crippen LogP contribution >= 0.6 is 0 Å². The molecule has 17 heavy (non-hydrogen) atoms. The fourth-order valence-corrected chi connectivity index (χ4v) is 4.35. The molecule has 0 radical (unpaired) electrons. The van der Waals surface area contributed by atoms with Gasteiger partial charge in [-0.2, -0.15) is 0 Å². The molecule has 0 amide bonds. The van der Waals surface area contributed by atoms with E-state index in [0.29, 0.717) is 32.0 Å². The Bertz CT molecular complexity index is 352. The van der Waals surface area contributed by atoms with Crippen molar-refractivity contribution in [1.29, 1.82) is 0 Å². The second-order valence-corrected chi connectivity index (χ2v) is 7.80. The van der Waals surface area contributed by atoms with Crippen molar-refractivity contribution in [2.24, 2.45) is 11.8 Å². The molecule has 1 aliphatic heterocycles. The molecular formula is C12H22O4S. The van der Waals surface area contributed by atoms with Crippen LogP contribution in [-0.2, 0) is 14.6 Å². The molecule has 1 aliphatic carbocycles.